The molecule has 6 unspecified atom stereocenters. The molecule has 2 saturated carbocycles. The largest absolute Gasteiger partial charge is 1.00 e. The van der Waals surface area contributed by atoms with Gasteiger partial charge in [-0.15, -0.1) is 0 Å². The molecule has 2 aliphatic heterocycles. The Morgan fingerprint density at radius 2 is 1.59 bits per heavy atom. The molecule has 0 aromatic carbocycles. The van der Waals surface area contributed by atoms with Gasteiger partial charge in [0.2, 0.25) is 5.91 Å². The molecule has 7 N–H and O–H groups in total. The third-order valence-electron chi connectivity index (χ3n) is 11.5. The van der Waals surface area contributed by atoms with E-state index >= 15 is 0 Å². The van der Waals surface area contributed by atoms with Gasteiger partial charge in [-0.25, -0.2) is 0 Å². The number of Topliss-reactive ketones (excluding diaryl/α,β-unsaturated/α-hetero) is 1. The number of aliphatic hydroxyl groups is 5. The zero-order valence-corrected chi connectivity index (χ0v) is 35.4. The summed E-state index contributed by atoms with van der Waals surface area (Å²) in [6.07, 6.45) is -17.8. The van der Waals surface area contributed by atoms with E-state index in [0.717, 1.165) is 39.0 Å². The molecule has 15 atom stereocenters. The van der Waals surface area contributed by atoms with Gasteiger partial charge < -0.3 is 69.8 Å². The summed E-state index contributed by atoms with van der Waals surface area (Å²) in [6, 6.07) is -1.41. The summed E-state index contributed by atoms with van der Waals surface area (Å²) in [4.78, 5) is 49.8. The molecule has 17 nitrogen and oxygen atoms in total. The Hall–Kier alpha value is -1.53. The molecule has 4 rings (SSSR count). The molecule has 0 aromatic heterocycles. The van der Waals surface area contributed by atoms with Gasteiger partial charge in [-0.05, 0) is 44.4 Å². The number of hydrogen-bond acceptors (Lipinski definition) is 15. The Balaban J connectivity index is 0.00000900. The minimum absolute atomic E-state index is 0. The first-order valence-electron chi connectivity index (χ1n) is 19.8. The van der Waals surface area contributed by atoms with E-state index in [1.165, 1.54) is 6.92 Å². The number of ether oxygens (including phenoxy) is 5. The molecule has 21 heteroatoms. The van der Waals surface area contributed by atoms with Gasteiger partial charge in [0.1, 0.15) is 48.4 Å². The predicted octanol–water partition coefficient (Wildman–Crippen LogP) is -3.89. The smallest absolute Gasteiger partial charge is 0.547 e. The van der Waals surface area contributed by atoms with E-state index in [4.69, 9.17) is 23.7 Å². The van der Waals surface area contributed by atoms with Gasteiger partial charge in [-0.1, -0.05) is 45.4 Å². The number of rotatable bonds is 17. The first-order chi connectivity index (χ1) is 26.9. The van der Waals surface area contributed by atoms with Crippen molar-refractivity contribution in [3.8, 4) is 0 Å². The fraction of sp³-hybridized carbons (Fsp3) is 0.892. The fourth-order valence-electron chi connectivity index (χ4n) is 8.39. The molecule has 4 fully saturated rings. The molecule has 0 bridgehead atoms. The Labute approximate surface area is 357 Å². The number of alkyl halides is 3. The van der Waals surface area contributed by atoms with Crippen LogP contribution in [0.3, 0.4) is 0 Å². The van der Waals surface area contributed by atoms with E-state index < -0.39 is 129 Å². The average molecular weight is 851 g/mol. The third kappa shape index (κ3) is 13.5. The van der Waals surface area contributed by atoms with Crippen LogP contribution in [0, 0.1) is 17.8 Å². The molecule has 2 saturated heterocycles. The molecule has 328 valence electrons. The van der Waals surface area contributed by atoms with Gasteiger partial charge in [-0.3, -0.25) is 14.4 Å². The number of aliphatic hydroxyl groups excluding tert-OH is 5. The molecular weight excluding hydrogens is 792 g/mol. The number of halogens is 3. The average Bonchev–Trinajstić information content (AvgIpc) is 3.16. The summed E-state index contributed by atoms with van der Waals surface area (Å²) in [5.74, 6) is -6.02. The van der Waals surface area contributed by atoms with Crippen LogP contribution in [0.5, 0.6) is 0 Å². The second kappa shape index (κ2) is 23.1. The maximum Gasteiger partial charge on any atom is 1.00 e. The number of carboxylic acids is 1. The molecule has 0 spiro atoms. The molecular formula is C37H58F3N2NaO15. The summed E-state index contributed by atoms with van der Waals surface area (Å²) in [7, 11) is 0. The number of aliphatic carboxylic acids is 1. The number of carboxylic acid groups (broad SMARTS) is 1. The van der Waals surface area contributed by atoms with E-state index in [0.29, 0.717) is 6.42 Å². The number of ketones is 1. The Bertz CT molecular complexity index is 1350. The van der Waals surface area contributed by atoms with Gasteiger partial charge >= 0.3 is 41.6 Å². The van der Waals surface area contributed by atoms with Gasteiger partial charge in [0.25, 0.3) is 0 Å². The summed E-state index contributed by atoms with van der Waals surface area (Å²) >= 11 is 0. The van der Waals surface area contributed by atoms with Crippen LogP contribution in [0.4, 0.5) is 13.2 Å². The first-order valence-corrected chi connectivity index (χ1v) is 19.8. The minimum Gasteiger partial charge on any atom is -0.547 e. The van der Waals surface area contributed by atoms with Gasteiger partial charge in [0.05, 0.1) is 37.0 Å². The monoisotopic (exact) mass is 850 g/mol. The van der Waals surface area contributed by atoms with Crippen molar-refractivity contribution >= 4 is 23.6 Å². The van der Waals surface area contributed by atoms with Crippen molar-refractivity contribution in [1.29, 1.82) is 0 Å². The van der Waals surface area contributed by atoms with Crippen LogP contribution < -0.4 is 45.3 Å². The normalized spacial score (nSPS) is 36.6. The van der Waals surface area contributed by atoms with Gasteiger partial charge in [0, 0.05) is 25.8 Å². The van der Waals surface area contributed by atoms with Gasteiger partial charge in [-0.2, -0.15) is 13.2 Å². The first kappa shape index (κ1) is 50.8. The maximum atomic E-state index is 13.6. The van der Waals surface area contributed by atoms with Crippen LogP contribution in [0.1, 0.15) is 91.4 Å². The number of carbonyl (C=O) groups is 4. The maximum absolute atomic E-state index is 13.6. The zero-order chi connectivity index (χ0) is 42.2. The van der Waals surface area contributed by atoms with Crippen molar-refractivity contribution in [2.24, 2.45) is 17.8 Å². The van der Waals surface area contributed by atoms with Crippen molar-refractivity contribution in [2.45, 2.75) is 177 Å². The molecule has 58 heavy (non-hydrogen) atoms. The van der Waals surface area contributed by atoms with Crippen LogP contribution >= 0.6 is 0 Å². The summed E-state index contributed by atoms with van der Waals surface area (Å²) in [5, 5.41) is 70.0. The summed E-state index contributed by atoms with van der Waals surface area (Å²) in [6.45, 7) is 3.18. The topological polar surface area (TPSA) is 263 Å². The van der Waals surface area contributed by atoms with Crippen molar-refractivity contribution in [3.63, 3.8) is 0 Å². The third-order valence-corrected chi connectivity index (χ3v) is 11.5. The molecule has 2 aliphatic carbocycles. The van der Waals surface area contributed by atoms with Crippen molar-refractivity contribution < 1.29 is 116 Å². The van der Waals surface area contributed by atoms with Crippen LogP contribution in [0.25, 0.3) is 0 Å². The standard InChI is InChI=1S/C37H59F3N2O15.Na/c1-4-20-14-21(22(45)11-8-12-41-36(52)37(38,39)40)15-23(31(20)57-35-30(49)29(48)27(46)17(2)53-35)55-34-26(42-18(3)44)32(28(47)25(16-43)56-34)54-24(33(50)51)13-19-9-6-5-7-10-19;/h17,19-21,23-32,34-35,43,46-49H,4-16H2,1-3H3,(H,41,52)(H,42,44)(H,50,51);/q;+1/p-1/t17?,20?,21?,23-,24+,25+,26?,27-,28+,29+,30?,31-,32?,34-,35+;/m1./s1. The predicted molar refractivity (Wildman–Crippen MR) is 186 cm³/mol. The second-order valence-corrected chi connectivity index (χ2v) is 15.7. The zero-order valence-electron chi connectivity index (χ0n) is 33.4. The van der Waals surface area contributed by atoms with E-state index in [1.54, 1.807) is 12.2 Å². The van der Waals surface area contributed by atoms with Crippen LogP contribution in [0.15, 0.2) is 0 Å². The van der Waals surface area contributed by atoms with Gasteiger partial charge in [0.15, 0.2) is 12.6 Å². The van der Waals surface area contributed by atoms with E-state index in [9.17, 15) is 63.0 Å². The fourth-order valence-corrected chi connectivity index (χ4v) is 8.39. The van der Waals surface area contributed by atoms with Crippen molar-refractivity contribution in [1.82, 2.24) is 10.6 Å². The minimum atomic E-state index is -5.09. The SMILES string of the molecule is CCC1CC(C(=O)CCCNC(=O)C(F)(F)F)C[C@@H](O[C@@H]2O[C@@H](CO)[C@H](O)C(O[C@@H](CC3CCCCC3)C(=O)[O-])C2NC(C)=O)[C@@H]1O[C@@H]1OC(C)[C@@H](O)[C@H](O)C1O.[Na+]. The Kier molecular flexibility index (Phi) is 20.2. The van der Waals surface area contributed by atoms with E-state index in [2.05, 4.69) is 5.32 Å². The van der Waals surface area contributed by atoms with Crippen molar-refractivity contribution in [3.05, 3.63) is 0 Å². The molecule has 0 radical (unpaired) electrons. The van der Waals surface area contributed by atoms with Crippen molar-refractivity contribution in [2.75, 3.05) is 13.2 Å². The number of hydrogen-bond donors (Lipinski definition) is 7. The second-order valence-electron chi connectivity index (χ2n) is 15.7. The number of carbonyl (C=O) groups excluding carboxylic acids is 4. The van der Waals surface area contributed by atoms with Crippen LogP contribution in [-0.2, 0) is 42.9 Å². The Morgan fingerprint density at radius 1 is 0.914 bits per heavy atom. The molecule has 4 aliphatic rings. The molecule has 2 heterocycles. The van der Waals surface area contributed by atoms with E-state index in [-0.39, 0.29) is 73.4 Å². The summed E-state index contributed by atoms with van der Waals surface area (Å²) < 4.78 is 68.5. The van der Waals surface area contributed by atoms with E-state index in [1.807, 2.05) is 0 Å². The summed E-state index contributed by atoms with van der Waals surface area (Å²) in [5.41, 5.74) is 0. The van der Waals surface area contributed by atoms with Crippen LogP contribution in [0.2, 0.25) is 0 Å². The number of nitrogens with one attached hydrogen (secondary N) is 2. The number of amides is 2. The molecule has 0 aromatic rings. The van der Waals surface area contributed by atoms with Crippen LogP contribution in [-0.4, -0.2) is 148 Å². The molecule has 2 amide bonds. The quantitative estimate of drug-likeness (QED) is 0.0546. The Morgan fingerprint density at radius 3 is 2.17 bits per heavy atom.